The average Bonchev–Trinajstić information content (AvgIpc) is 2.70. The van der Waals surface area contributed by atoms with E-state index in [4.69, 9.17) is 21.1 Å². The van der Waals surface area contributed by atoms with Gasteiger partial charge in [0.05, 0.1) is 12.5 Å². The van der Waals surface area contributed by atoms with E-state index < -0.39 is 0 Å². The van der Waals surface area contributed by atoms with Crippen molar-refractivity contribution in [2.45, 2.75) is 19.8 Å². The predicted molar refractivity (Wildman–Crippen MR) is 103 cm³/mol. The molecule has 3 rings (SSSR count). The average molecular weight is 388 g/mol. The molecule has 1 fully saturated rings. The molecule has 2 aromatic carbocycles. The first kappa shape index (κ1) is 19.2. The fourth-order valence-electron chi connectivity index (χ4n) is 3.10. The number of ether oxygens (including phenoxy) is 2. The van der Waals surface area contributed by atoms with Crippen LogP contribution in [-0.4, -0.2) is 36.5 Å². The third kappa shape index (κ3) is 5.01. The van der Waals surface area contributed by atoms with E-state index in [1.807, 2.05) is 6.92 Å². The minimum absolute atomic E-state index is 0.0924. The quantitative estimate of drug-likeness (QED) is 0.570. The van der Waals surface area contributed by atoms with Crippen molar-refractivity contribution in [2.75, 3.05) is 19.7 Å². The van der Waals surface area contributed by atoms with Gasteiger partial charge in [-0.15, -0.1) is 0 Å². The van der Waals surface area contributed by atoms with Crippen molar-refractivity contribution in [3.05, 3.63) is 59.1 Å². The summed E-state index contributed by atoms with van der Waals surface area (Å²) < 4.78 is 10.9. The normalized spacial score (nSPS) is 16.7. The topological polar surface area (TPSA) is 55.8 Å². The van der Waals surface area contributed by atoms with E-state index in [9.17, 15) is 9.59 Å². The van der Waals surface area contributed by atoms with Crippen LogP contribution in [0.25, 0.3) is 0 Å². The maximum atomic E-state index is 12.7. The summed E-state index contributed by atoms with van der Waals surface area (Å²) in [4.78, 5) is 26.9. The largest absolute Gasteiger partial charge is 0.494 e. The van der Waals surface area contributed by atoms with Gasteiger partial charge in [0.15, 0.2) is 0 Å². The van der Waals surface area contributed by atoms with Gasteiger partial charge in [-0.2, -0.15) is 0 Å². The lowest BCUT2D eigenvalue weighted by molar-refractivity contribution is -0.140. The van der Waals surface area contributed by atoms with E-state index in [1.165, 1.54) is 0 Å². The van der Waals surface area contributed by atoms with E-state index >= 15 is 0 Å². The van der Waals surface area contributed by atoms with Gasteiger partial charge in [-0.05, 0) is 68.3 Å². The molecule has 5 nitrogen and oxygen atoms in total. The van der Waals surface area contributed by atoms with Crippen molar-refractivity contribution in [3.8, 4) is 11.5 Å². The summed E-state index contributed by atoms with van der Waals surface area (Å²) in [5, 5.41) is 0.585. The molecule has 0 aromatic heterocycles. The van der Waals surface area contributed by atoms with Crippen molar-refractivity contribution in [1.29, 1.82) is 0 Å². The van der Waals surface area contributed by atoms with Crippen molar-refractivity contribution in [2.24, 2.45) is 5.92 Å². The Kier molecular flexibility index (Phi) is 6.35. The number of benzene rings is 2. The molecule has 1 atom stereocenters. The number of likely N-dealkylation sites (tertiary alicyclic amines) is 1. The van der Waals surface area contributed by atoms with Crippen molar-refractivity contribution >= 4 is 23.5 Å². The molecule has 1 aliphatic heterocycles. The standard InChI is InChI=1S/C21H22ClNO4/c1-2-26-18-9-11-19(12-10-18)27-21(25)16-4-3-13-23(14-16)20(24)15-5-7-17(22)8-6-15/h5-12,16H,2-4,13-14H2,1H3. The second-order valence-electron chi connectivity index (χ2n) is 6.42. The number of nitrogens with zero attached hydrogens (tertiary/aromatic N) is 1. The van der Waals surface area contributed by atoms with Gasteiger partial charge >= 0.3 is 5.97 Å². The Bertz CT molecular complexity index is 789. The zero-order valence-electron chi connectivity index (χ0n) is 15.2. The molecule has 1 saturated heterocycles. The van der Waals surface area contributed by atoms with Gasteiger partial charge < -0.3 is 14.4 Å². The molecule has 0 radical (unpaired) electrons. The molecule has 27 heavy (non-hydrogen) atoms. The molecule has 0 spiro atoms. The van der Waals surface area contributed by atoms with Gasteiger partial charge in [0.1, 0.15) is 11.5 Å². The number of rotatable bonds is 5. The summed E-state index contributed by atoms with van der Waals surface area (Å²) in [6.07, 6.45) is 1.47. The number of amides is 1. The number of carbonyl (C=O) groups excluding carboxylic acids is 2. The summed E-state index contributed by atoms with van der Waals surface area (Å²) >= 11 is 5.88. The smallest absolute Gasteiger partial charge is 0.316 e. The molecule has 6 heteroatoms. The van der Waals surface area contributed by atoms with Crippen LogP contribution >= 0.6 is 11.6 Å². The highest BCUT2D eigenvalue weighted by Crippen LogP contribution is 2.23. The molecule has 0 saturated carbocycles. The van der Waals surface area contributed by atoms with Crippen LogP contribution in [0.4, 0.5) is 0 Å². The first-order chi connectivity index (χ1) is 13.1. The third-order valence-electron chi connectivity index (χ3n) is 4.49. The molecular formula is C21H22ClNO4. The Labute approximate surface area is 163 Å². The van der Waals surface area contributed by atoms with Crippen LogP contribution in [0.5, 0.6) is 11.5 Å². The first-order valence-corrected chi connectivity index (χ1v) is 9.44. The Balaban J connectivity index is 1.60. The van der Waals surface area contributed by atoms with Crippen molar-refractivity contribution in [3.63, 3.8) is 0 Å². The van der Waals surface area contributed by atoms with Crippen LogP contribution in [0.2, 0.25) is 5.02 Å². The molecule has 1 amide bonds. The molecule has 142 valence electrons. The molecule has 0 N–H and O–H groups in total. The second kappa shape index (κ2) is 8.91. The van der Waals surface area contributed by atoms with Crippen molar-refractivity contribution in [1.82, 2.24) is 4.90 Å². The zero-order valence-corrected chi connectivity index (χ0v) is 15.9. The number of hydrogen-bond donors (Lipinski definition) is 0. The number of hydrogen-bond acceptors (Lipinski definition) is 4. The lowest BCUT2D eigenvalue weighted by Crippen LogP contribution is -2.43. The Hall–Kier alpha value is -2.53. The third-order valence-corrected chi connectivity index (χ3v) is 4.74. The van der Waals surface area contributed by atoms with Gasteiger partial charge in [-0.25, -0.2) is 0 Å². The summed E-state index contributed by atoms with van der Waals surface area (Å²) in [5.74, 6) is 0.471. The minimum Gasteiger partial charge on any atom is -0.494 e. The van der Waals surface area contributed by atoms with Gasteiger partial charge in [-0.3, -0.25) is 9.59 Å². The predicted octanol–water partition coefficient (Wildman–Crippen LogP) is 4.20. The van der Waals surface area contributed by atoms with Crippen LogP contribution in [0, 0.1) is 5.92 Å². The van der Waals surface area contributed by atoms with Gasteiger partial charge in [0, 0.05) is 23.7 Å². The number of piperidine rings is 1. The minimum atomic E-state index is -0.332. The second-order valence-corrected chi connectivity index (χ2v) is 6.86. The summed E-state index contributed by atoms with van der Waals surface area (Å²) in [7, 11) is 0. The van der Waals surface area contributed by atoms with Gasteiger partial charge in [0.25, 0.3) is 5.91 Å². The fraction of sp³-hybridized carbons (Fsp3) is 0.333. The van der Waals surface area contributed by atoms with Crippen LogP contribution in [0.3, 0.4) is 0 Å². The number of esters is 1. The molecule has 0 bridgehead atoms. The van der Waals surface area contributed by atoms with Crippen LogP contribution in [-0.2, 0) is 4.79 Å². The maximum absolute atomic E-state index is 12.7. The maximum Gasteiger partial charge on any atom is 0.316 e. The molecule has 2 aromatic rings. The monoisotopic (exact) mass is 387 g/mol. The molecule has 1 aliphatic rings. The zero-order chi connectivity index (χ0) is 19.2. The van der Waals surface area contributed by atoms with Crippen LogP contribution in [0.1, 0.15) is 30.1 Å². The lowest BCUT2D eigenvalue weighted by Gasteiger charge is -2.31. The van der Waals surface area contributed by atoms with E-state index in [-0.39, 0.29) is 17.8 Å². The number of halogens is 1. The lowest BCUT2D eigenvalue weighted by atomic mass is 9.97. The van der Waals surface area contributed by atoms with E-state index in [2.05, 4.69) is 0 Å². The first-order valence-electron chi connectivity index (χ1n) is 9.06. The molecule has 0 aliphatic carbocycles. The highest BCUT2D eigenvalue weighted by molar-refractivity contribution is 6.30. The van der Waals surface area contributed by atoms with Crippen LogP contribution in [0.15, 0.2) is 48.5 Å². The summed E-state index contributed by atoms with van der Waals surface area (Å²) in [6.45, 7) is 3.48. The van der Waals surface area contributed by atoms with Gasteiger partial charge in [0.2, 0.25) is 0 Å². The Morgan fingerprint density at radius 3 is 2.41 bits per heavy atom. The van der Waals surface area contributed by atoms with Gasteiger partial charge in [-0.1, -0.05) is 11.6 Å². The summed E-state index contributed by atoms with van der Waals surface area (Å²) in [6, 6.07) is 13.7. The highest BCUT2D eigenvalue weighted by atomic mass is 35.5. The van der Waals surface area contributed by atoms with E-state index in [0.29, 0.717) is 42.5 Å². The molecule has 1 heterocycles. The highest BCUT2D eigenvalue weighted by Gasteiger charge is 2.30. The fourth-order valence-corrected chi connectivity index (χ4v) is 3.23. The van der Waals surface area contributed by atoms with Crippen molar-refractivity contribution < 1.29 is 19.1 Å². The molecular weight excluding hydrogens is 366 g/mol. The molecule has 1 unspecified atom stereocenters. The number of carbonyl (C=O) groups is 2. The SMILES string of the molecule is CCOc1ccc(OC(=O)C2CCCN(C(=O)c3ccc(Cl)cc3)C2)cc1. The van der Waals surface area contributed by atoms with E-state index in [1.54, 1.807) is 53.4 Å². The van der Waals surface area contributed by atoms with Crippen LogP contribution < -0.4 is 9.47 Å². The Morgan fingerprint density at radius 2 is 1.74 bits per heavy atom. The summed E-state index contributed by atoms with van der Waals surface area (Å²) in [5.41, 5.74) is 0.569. The van der Waals surface area contributed by atoms with E-state index in [0.717, 1.165) is 12.2 Å². The Morgan fingerprint density at radius 1 is 1.07 bits per heavy atom.